The number of rotatable bonds is 1. The third-order valence-electron chi connectivity index (χ3n) is 1.82. The van der Waals surface area contributed by atoms with Gasteiger partial charge < -0.3 is 0 Å². The van der Waals surface area contributed by atoms with E-state index in [1.807, 2.05) is 42.6 Å². The Morgan fingerprint density at radius 2 is 1.92 bits per heavy atom. The SMILES string of the molecule is ClN1C=C(c2ccccc2)C=CN1. The van der Waals surface area contributed by atoms with Crippen LogP contribution in [-0.4, -0.2) is 4.53 Å². The molecule has 1 heterocycles. The van der Waals surface area contributed by atoms with E-state index in [-0.39, 0.29) is 0 Å². The van der Waals surface area contributed by atoms with Gasteiger partial charge in [0.1, 0.15) is 0 Å². The van der Waals surface area contributed by atoms with Gasteiger partial charge in [-0.05, 0) is 11.6 Å². The van der Waals surface area contributed by atoms with Crippen LogP contribution in [-0.2, 0) is 0 Å². The van der Waals surface area contributed by atoms with E-state index in [2.05, 4.69) is 5.43 Å². The molecule has 0 atom stereocenters. The Morgan fingerprint density at radius 3 is 2.62 bits per heavy atom. The van der Waals surface area contributed by atoms with Gasteiger partial charge in [0.25, 0.3) is 0 Å². The maximum absolute atomic E-state index is 5.76. The standard InChI is InChI=1S/C10H9ClN2/c11-13-8-10(6-7-12-13)9-4-2-1-3-5-9/h1-8,12H. The van der Waals surface area contributed by atoms with Crippen LogP contribution in [0.1, 0.15) is 5.56 Å². The zero-order chi connectivity index (χ0) is 9.10. The third kappa shape index (κ3) is 1.84. The number of nitrogens with zero attached hydrogens (tertiary/aromatic N) is 1. The van der Waals surface area contributed by atoms with Crippen LogP contribution in [0.2, 0.25) is 0 Å². The van der Waals surface area contributed by atoms with Crippen molar-refractivity contribution in [2.75, 3.05) is 0 Å². The first kappa shape index (κ1) is 8.20. The van der Waals surface area contributed by atoms with Crippen molar-refractivity contribution in [3.05, 3.63) is 54.4 Å². The first-order valence-electron chi connectivity index (χ1n) is 4.01. The van der Waals surface area contributed by atoms with Crippen LogP contribution in [0.3, 0.4) is 0 Å². The van der Waals surface area contributed by atoms with Crippen molar-refractivity contribution >= 4 is 17.3 Å². The highest BCUT2D eigenvalue weighted by atomic mass is 35.5. The fraction of sp³-hybridized carbons (Fsp3) is 0. The Balaban J connectivity index is 2.32. The van der Waals surface area contributed by atoms with E-state index in [1.165, 1.54) is 4.53 Å². The van der Waals surface area contributed by atoms with E-state index >= 15 is 0 Å². The van der Waals surface area contributed by atoms with Gasteiger partial charge in [-0.1, -0.05) is 30.3 Å². The molecule has 0 bridgehead atoms. The summed E-state index contributed by atoms with van der Waals surface area (Å²) in [4.78, 5) is 0. The number of hydrogen-bond donors (Lipinski definition) is 1. The number of halogens is 1. The van der Waals surface area contributed by atoms with Crippen LogP contribution >= 0.6 is 11.8 Å². The molecular formula is C10H9ClN2. The Morgan fingerprint density at radius 1 is 1.15 bits per heavy atom. The fourth-order valence-electron chi connectivity index (χ4n) is 1.20. The van der Waals surface area contributed by atoms with E-state index in [4.69, 9.17) is 11.8 Å². The molecule has 1 aromatic carbocycles. The zero-order valence-electron chi connectivity index (χ0n) is 6.94. The summed E-state index contributed by atoms with van der Waals surface area (Å²) < 4.78 is 1.41. The molecule has 0 radical (unpaired) electrons. The zero-order valence-corrected chi connectivity index (χ0v) is 7.70. The second-order valence-corrected chi connectivity index (χ2v) is 3.09. The van der Waals surface area contributed by atoms with Crippen LogP contribution in [0, 0.1) is 0 Å². The Bertz CT molecular complexity index is 343. The largest absolute Gasteiger partial charge is 0.291 e. The lowest BCUT2D eigenvalue weighted by atomic mass is 10.1. The molecule has 0 saturated carbocycles. The molecule has 0 aromatic heterocycles. The lowest BCUT2D eigenvalue weighted by Crippen LogP contribution is -2.21. The molecule has 3 heteroatoms. The molecule has 0 aliphatic carbocycles. The minimum Gasteiger partial charge on any atom is -0.291 e. The van der Waals surface area contributed by atoms with E-state index in [9.17, 15) is 0 Å². The minimum atomic E-state index is 1.09. The van der Waals surface area contributed by atoms with Crippen molar-refractivity contribution in [2.24, 2.45) is 0 Å². The number of allylic oxidation sites excluding steroid dienone is 2. The lowest BCUT2D eigenvalue weighted by molar-refractivity contribution is 0.519. The van der Waals surface area contributed by atoms with Crippen molar-refractivity contribution in [3.8, 4) is 0 Å². The van der Waals surface area contributed by atoms with Crippen molar-refractivity contribution < 1.29 is 0 Å². The van der Waals surface area contributed by atoms with Crippen molar-refractivity contribution in [3.63, 3.8) is 0 Å². The second-order valence-electron chi connectivity index (χ2n) is 2.72. The summed E-state index contributed by atoms with van der Waals surface area (Å²) in [5, 5.41) is 0. The monoisotopic (exact) mass is 192 g/mol. The van der Waals surface area contributed by atoms with Crippen molar-refractivity contribution in [1.82, 2.24) is 9.95 Å². The summed E-state index contributed by atoms with van der Waals surface area (Å²) in [5.74, 6) is 0. The van der Waals surface area contributed by atoms with Gasteiger partial charge >= 0.3 is 0 Å². The normalized spacial score (nSPS) is 15.2. The summed E-state index contributed by atoms with van der Waals surface area (Å²) in [5.41, 5.74) is 5.07. The fourth-order valence-corrected chi connectivity index (χ4v) is 1.36. The third-order valence-corrected chi connectivity index (χ3v) is 2.02. The first-order valence-corrected chi connectivity index (χ1v) is 4.35. The summed E-state index contributed by atoms with van der Waals surface area (Å²) in [6.45, 7) is 0. The molecule has 1 aliphatic rings. The quantitative estimate of drug-likeness (QED) is 0.688. The van der Waals surface area contributed by atoms with Crippen molar-refractivity contribution in [1.29, 1.82) is 0 Å². The molecule has 2 rings (SSSR count). The number of nitrogens with one attached hydrogen (secondary N) is 1. The molecule has 0 unspecified atom stereocenters. The lowest BCUT2D eigenvalue weighted by Gasteiger charge is -2.16. The molecular weight excluding hydrogens is 184 g/mol. The molecule has 13 heavy (non-hydrogen) atoms. The average molecular weight is 193 g/mol. The molecule has 66 valence electrons. The Kier molecular flexibility index (Phi) is 2.23. The summed E-state index contributed by atoms with van der Waals surface area (Å²) in [6, 6.07) is 10.1. The highest BCUT2D eigenvalue weighted by molar-refractivity contribution is 6.14. The van der Waals surface area contributed by atoms with Crippen LogP contribution in [0.15, 0.2) is 48.8 Å². The topological polar surface area (TPSA) is 15.3 Å². The molecule has 0 spiro atoms. The van der Waals surface area contributed by atoms with Gasteiger partial charge in [-0.2, -0.15) is 0 Å². The van der Waals surface area contributed by atoms with Crippen LogP contribution in [0.5, 0.6) is 0 Å². The summed E-state index contributed by atoms with van der Waals surface area (Å²) in [7, 11) is 0. The number of hydrazine groups is 1. The van der Waals surface area contributed by atoms with Crippen LogP contribution < -0.4 is 5.43 Å². The Labute approximate surface area is 82.2 Å². The molecule has 1 N–H and O–H groups in total. The molecule has 1 aromatic rings. The van der Waals surface area contributed by atoms with Gasteiger partial charge in [-0.25, -0.2) is 4.53 Å². The molecule has 0 saturated heterocycles. The van der Waals surface area contributed by atoms with Gasteiger partial charge in [0.05, 0.1) is 0 Å². The van der Waals surface area contributed by atoms with E-state index < -0.39 is 0 Å². The maximum Gasteiger partial charge on any atom is 0.0478 e. The smallest absolute Gasteiger partial charge is 0.0478 e. The van der Waals surface area contributed by atoms with Crippen molar-refractivity contribution in [2.45, 2.75) is 0 Å². The molecule has 0 amide bonds. The average Bonchev–Trinajstić information content (AvgIpc) is 2.19. The summed E-state index contributed by atoms with van der Waals surface area (Å²) >= 11 is 5.76. The van der Waals surface area contributed by atoms with E-state index in [0.29, 0.717) is 0 Å². The van der Waals surface area contributed by atoms with Gasteiger partial charge in [0.15, 0.2) is 0 Å². The molecule has 2 nitrogen and oxygen atoms in total. The van der Waals surface area contributed by atoms with Crippen LogP contribution in [0.4, 0.5) is 0 Å². The Hall–Kier alpha value is -1.41. The first-order chi connectivity index (χ1) is 6.36. The highest BCUT2D eigenvalue weighted by Crippen LogP contribution is 2.18. The number of hydrogen-bond acceptors (Lipinski definition) is 2. The van der Waals surface area contributed by atoms with E-state index in [0.717, 1.165) is 11.1 Å². The van der Waals surface area contributed by atoms with Gasteiger partial charge in [0, 0.05) is 29.7 Å². The number of benzene rings is 1. The second kappa shape index (κ2) is 3.54. The van der Waals surface area contributed by atoms with E-state index in [1.54, 1.807) is 6.20 Å². The highest BCUT2D eigenvalue weighted by Gasteiger charge is 2.02. The minimum absolute atomic E-state index is 1.09. The molecule has 0 fully saturated rings. The predicted octanol–water partition coefficient (Wildman–Crippen LogP) is 2.52. The van der Waals surface area contributed by atoms with Crippen LogP contribution in [0.25, 0.3) is 5.57 Å². The summed E-state index contributed by atoms with van der Waals surface area (Å²) in [6.07, 6.45) is 5.61. The van der Waals surface area contributed by atoms with Gasteiger partial charge in [0.2, 0.25) is 0 Å². The van der Waals surface area contributed by atoms with Gasteiger partial charge in [-0.3, -0.25) is 5.43 Å². The predicted molar refractivity (Wildman–Crippen MR) is 54.4 cm³/mol. The maximum atomic E-state index is 5.76. The molecule has 1 aliphatic heterocycles. The van der Waals surface area contributed by atoms with Gasteiger partial charge in [-0.15, -0.1) is 0 Å².